The third kappa shape index (κ3) is 134. The molecule has 0 heterocycles. The Morgan fingerprint density at radius 1 is 0.137 bits per heavy atom. The molecule has 0 unspecified atom stereocenters. The number of carboxylic acid groups (broad SMARTS) is 5. The SMILES string of the molecule is CCCCCCCCCCCCCCCCCC(=O)[O-].CCCCCCCCCCCCCCCCCC(=O)[O-].CCCCCCCCCCCCCCCCCC(=O)[O-].CCCCCCCCCCCCCCCCCC(=O)[O-].CCCCCCCCCCCCCCCCCC(=O)[O-].[Al+3].[Zn+2]. The average Bonchev–Trinajstić information content (AvgIpc) is 3.77. The quantitative estimate of drug-likeness (QED) is 0.0417. The third-order valence-electron chi connectivity index (χ3n) is 19.9. The zero-order valence-electron chi connectivity index (χ0n) is 69.4. The van der Waals surface area contributed by atoms with Gasteiger partial charge in [0.2, 0.25) is 0 Å². The molecule has 600 valence electrons. The fraction of sp³-hybridized carbons (Fsp3) is 0.944. The summed E-state index contributed by atoms with van der Waals surface area (Å²) in [6.45, 7) is 11.3. The summed E-state index contributed by atoms with van der Waals surface area (Å²) in [5, 5.41) is 51.1. The van der Waals surface area contributed by atoms with E-state index in [0.29, 0.717) is 0 Å². The molecule has 0 N–H and O–H groups in total. The standard InChI is InChI=1S/5C18H36O2.Al.Zn/c5*1-2-3-4-5-6-7-8-9-10-11-12-13-14-15-16-17-18(19)20;;/h5*2-17H2,1H3,(H,19,20);;/q;;;;;+3;+2/p-5. The molecule has 0 aromatic carbocycles. The van der Waals surface area contributed by atoms with Crippen molar-refractivity contribution in [2.24, 2.45) is 0 Å². The average molecular weight is 1510 g/mol. The molecule has 0 aliphatic heterocycles. The van der Waals surface area contributed by atoms with Gasteiger partial charge in [-0.2, -0.15) is 0 Å². The second kappa shape index (κ2) is 110. The normalized spacial score (nSPS) is 10.6. The monoisotopic (exact) mass is 1510 g/mol. The zero-order valence-corrected chi connectivity index (χ0v) is 73.6. The second-order valence-corrected chi connectivity index (χ2v) is 30.4. The molecular formula is C90H175AlO10Zn. The van der Waals surface area contributed by atoms with Crippen molar-refractivity contribution < 1.29 is 69.0 Å². The Bertz CT molecular complexity index is 1280. The van der Waals surface area contributed by atoms with Crippen LogP contribution in [-0.2, 0) is 43.5 Å². The maximum atomic E-state index is 10.2. The van der Waals surface area contributed by atoms with Crippen LogP contribution in [0.4, 0.5) is 0 Å². The summed E-state index contributed by atoms with van der Waals surface area (Å²) in [6.07, 6.45) is 99.3. The number of carbonyl (C=O) groups is 5. The summed E-state index contributed by atoms with van der Waals surface area (Å²) < 4.78 is 0. The summed E-state index contributed by atoms with van der Waals surface area (Å²) in [4.78, 5) is 51.1. The number of aliphatic carboxylic acids is 5. The predicted octanol–water partition coefficient (Wildman–Crippen LogP) is 24.6. The molecular weight excluding hydrogens is 1330 g/mol. The maximum Gasteiger partial charge on any atom is 3.00 e. The fourth-order valence-electron chi connectivity index (χ4n) is 13.2. The van der Waals surface area contributed by atoms with E-state index in [9.17, 15) is 49.5 Å². The summed E-state index contributed by atoms with van der Waals surface area (Å²) in [7, 11) is 0. The molecule has 0 aliphatic carbocycles. The van der Waals surface area contributed by atoms with Crippen LogP contribution < -0.4 is 25.5 Å². The van der Waals surface area contributed by atoms with Crippen molar-refractivity contribution in [3.8, 4) is 0 Å². The fourth-order valence-corrected chi connectivity index (χ4v) is 13.2. The maximum absolute atomic E-state index is 10.2. The molecule has 0 rings (SSSR count). The molecule has 12 heteroatoms. The molecule has 0 amide bonds. The second-order valence-electron chi connectivity index (χ2n) is 30.4. The van der Waals surface area contributed by atoms with Crippen molar-refractivity contribution in [3.63, 3.8) is 0 Å². The van der Waals surface area contributed by atoms with Crippen LogP contribution in [0.5, 0.6) is 0 Å². The van der Waals surface area contributed by atoms with E-state index in [0.717, 1.165) is 64.2 Å². The van der Waals surface area contributed by atoms with Crippen LogP contribution in [0.2, 0.25) is 0 Å². The third-order valence-corrected chi connectivity index (χ3v) is 19.9. The van der Waals surface area contributed by atoms with Crippen molar-refractivity contribution in [1.82, 2.24) is 0 Å². The van der Waals surface area contributed by atoms with Crippen LogP contribution >= 0.6 is 0 Å². The van der Waals surface area contributed by atoms with Gasteiger partial charge in [-0.05, 0) is 64.2 Å². The van der Waals surface area contributed by atoms with Crippen molar-refractivity contribution in [1.29, 1.82) is 0 Å². The summed E-state index contributed by atoms with van der Waals surface area (Å²) >= 11 is 0. The Balaban J connectivity index is -0.000000220. The Labute approximate surface area is 660 Å². The topological polar surface area (TPSA) is 201 Å². The number of unbranched alkanes of at least 4 members (excludes halogenated alkanes) is 70. The minimum absolute atomic E-state index is 0. The van der Waals surface area contributed by atoms with Gasteiger partial charge in [0.1, 0.15) is 0 Å². The summed E-state index contributed by atoms with van der Waals surface area (Å²) in [5.74, 6) is -4.52. The van der Waals surface area contributed by atoms with E-state index >= 15 is 0 Å². The first-order valence-electron chi connectivity index (χ1n) is 44.8. The van der Waals surface area contributed by atoms with E-state index in [-0.39, 0.29) is 68.9 Å². The number of carbonyl (C=O) groups excluding carboxylic acids is 5. The van der Waals surface area contributed by atoms with Crippen LogP contribution in [0.3, 0.4) is 0 Å². The van der Waals surface area contributed by atoms with Crippen molar-refractivity contribution in [3.05, 3.63) is 0 Å². The van der Waals surface area contributed by atoms with Gasteiger partial charge < -0.3 is 49.5 Å². The summed E-state index contributed by atoms with van der Waals surface area (Å²) in [6, 6.07) is 0. The first kappa shape index (κ1) is 114. The predicted molar refractivity (Wildman–Crippen MR) is 429 cm³/mol. The van der Waals surface area contributed by atoms with E-state index < -0.39 is 29.8 Å². The summed E-state index contributed by atoms with van der Waals surface area (Å²) in [5.41, 5.74) is 0. The number of hydrogen-bond donors (Lipinski definition) is 0. The minimum Gasteiger partial charge on any atom is -0.550 e. The van der Waals surface area contributed by atoms with Crippen LogP contribution in [0.25, 0.3) is 0 Å². The van der Waals surface area contributed by atoms with Gasteiger partial charge in [0, 0.05) is 29.8 Å². The van der Waals surface area contributed by atoms with Gasteiger partial charge in [-0.25, -0.2) is 0 Å². The molecule has 0 bridgehead atoms. The molecule has 0 spiro atoms. The number of carboxylic acids is 5. The number of hydrogen-bond acceptors (Lipinski definition) is 10. The molecule has 102 heavy (non-hydrogen) atoms. The Kier molecular flexibility index (Phi) is 123. The van der Waals surface area contributed by atoms with E-state index in [2.05, 4.69) is 34.6 Å². The largest absolute Gasteiger partial charge is 3.00 e. The first-order chi connectivity index (χ1) is 48.9. The van der Waals surface area contributed by atoms with Crippen LogP contribution in [0.1, 0.15) is 548 Å². The van der Waals surface area contributed by atoms with E-state index in [1.807, 2.05) is 0 Å². The molecule has 0 atom stereocenters. The van der Waals surface area contributed by atoms with E-state index in [4.69, 9.17) is 0 Å². The van der Waals surface area contributed by atoms with E-state index in [1.165, 1.54) is 417 Å². The smallest absolute Gasteiger partial charge is 0.550 e. The molecule has 0 aromatic rings. The zero-order chi connectivity index (χ0) is 74.5. The van der Waals surface area contributed by atoms with Crippen molar-refractivity contribution in [2.45, 2.75) is 548 Å². The molecule has 10 nitrogen and oxygen atoms in total. The molecule has 0 radical (unpaired) electrons. The van der Waals surface area contributed by atoms with Gasteiger partial charge in [-0.1, -0.05) is 484 Å². The van der Waals surface area contributed by atoms with Crippen LogP contribution in [0, 0.1) is 0 Å². The molecule has 0 fully saturated rings. The van der Waals surface area contributed by atoms with Gasteiger partial charge >= 0.3 is 36.8 Å². The van der Waals surface area contributed by atoms with Crippen molar-refractivity contribution >= 4 is 47.2 Å². The van der Waals surface area contributed by atoms with Gasteiger partial charge in [0.05, 0.1) is 0 Å². The minimum atomic E-state index is -0.903. The van der Waals surface area contributed by atoms with E-state index in [1.54, 1.807) is 0 Å². The number of rotatable bonds is 80. The van der Waals surface area contributed by atoms with Gasteiger partial charge in [0.15, 0.2) is 0 Å². The Morgan fingerprint density at radius 3 is 0.255 bits per heavy atom. The van der Waals surface area contributed by atoms with Crippen molar-refractivity contribution in [2.75, 3.05) is 0 Å². The van der Waals surface area contributed by atoms with Gasteiger partial charge in [-0.15, -0.1) is 0 Å². The van der Waals surface area contributed by atoms with Crippen LogP contribution in [-0.4, -0.2) is 47.2 Å². The molecule has 0 aromatic heterocycles. The first-order valence-corrected chi connectivity index (χ1v) is 44.8. The van der Waals surface area contributed by atoms with Gasteiger partial charge in [-0.3, -0.25) is 0 Å². The molecule has 0 aliphatic rings. The molecule has 0 saturated heterocycles. The Morgan fingerprint density at radius 2 is 0.196 bits per heavy atom. The molecule has 0 saturated carbocycles. The van der Waals surface area contributed by atoms with Gasteiger partial charge in [0.25, 0.3) is 0 Å². The van der Waals surface area contributed by atoms with Crippen LogP contribution in [0.15, 0.2) is 0 Å². The Hall–Kier alpha value is -1.49.